The van der Waals surface area contributed by atoms with E-state index in [0.29, 0.717) is 26.1 Å². The van der Waals surface area contributed by atoms with Gasteiger partial charge in [-0.25, -0.2) is 0 Å². The Hall–Kier alpha value is -3.15. The minimum Gasteiger partial charge on any atom is -0.494 e. The zero-order chi connectivity index (χ0) is 20.8. The number of ether oxygens (including phenoxy) is 1. The van der Waals surface area contributed by atoms with Gasteiger partial charge in [-0.1, -0.05) is 18.2 Å². The zero-order valence-corrected chi connectivity index (χ0v) is 17.4. The van der Waals surface area contributed by atoms with E-state index in [9.17, 15) is 4.79 Å². The Bertz CT molecular complexity index is 980. The molecule has 0 bridgehead atoms. The lowest BCUT2D eigenvalue weighted by molar-refractivity contribution is -0.120. The highest BCUT2D eigenvalue weighted by Gasteiger charge is 2.22. The molecule has 0 atom stereocenters. The lowest BCUT2D eigenvalue weighted by atomic mass is 9.95. The van der Waals surface area contributed by atoms with Gasteiger partial charge in [-0.05, 0) is 62.4 Å². The summed E-state index contributed by atoms with van der Waals surface area (Å²) in [5.74, 6) is 0.846. The highest BCUT2D eigenvalue weighted by Crippen LogP contribution is 2.30. The molecule has 1 amide bonds. The maximum absolute atomic E-state index is 12.3. The summed E-state index contributed by atoms with van der Waals surface area (Å²) in [5.41, 5.74) is 5.51. The second kappa shape index (κ2) is 9.57. The predicted molar refractivity (Wildman–Crippen MR) is 116 cm³/mol. The first-order valence-electron chi connectivity index (χ1n) is 10.7. The molecule has 6 nitrogen and oxygen atoms in total. The molecule has 0 saturated carbocycles. The number of rotatable bonds is 8. The molecule has 1 aromatic carbocycles. The first-order valence-corrected chi connectivity index (χ1v) is 10.7. The van der Waals surface area contributed by atoms with E-state index in [1.807, 2.05) is 55.6 Å². The van der Waals surface area contributed by atoms with E-state index < -0.39 is 0 Å². The van der Waals surface area contributed by atoms with Crippen LogP contribution in [-0.2, 0) is 30.6 Å². The van der Waals surface area contributed by atoms with Gasteiger partial charge in [-0.2, -0.15) is 5.10 Å². The van der Waals surface area contributed by atoms with Crippen LogP contribution in [0.1, 0.15) is 36.6 Å². The van der Waals surface area contributed by atoms with E-state index in [0.717, 1.165) is 35.5 Å². The summed E-state index contributed by atoms with van der Waals surface area (Å²) in [4.78, 5) is 16.8. The van der Waals surface area contributed by atoms with Crippen molar-refractivity contribution in [1.82, 2.24) is 20.1 Å². The van der Waals surface area contributed by atoms with Crippen molar-refractivity contribution in [1.29, 1.82) is 0 Å². The van der Waals surface area contributed by atoms with Crippen molar-refractivity contribution in [3.05, 3.63) is 65.5 Å². The topological polar surface area (TPSA) is 69.0 Å². The van der Waals surface area contributed by atoms with Gasteiger partial charge in [0.1, 0.15) is 11.4 Å². The highest BCUT2D eigenvalue weighted by atomic mass is 16.5. The van der Waals surface area contributed by atoms with E-state index in [4.69, 9.17) is 9.84 Å². The molecule has 1 aliphatic rings. The number of fused-ring (bicyclic) bond motifs is 1. The third-order valence-electron chi connectivity index (χ3n) is 5.41. The van der Waals surface area contributed by atoms with Crippen molar-refractivity contribution in [2.75, 3.05) is 13.2 Å². The molecule has 4 rings (SSSR count). The van der Waals surface area contributed by atoms with Crippen LogP contribution in [0.15, 0.2) is 48.7 Å². The molecule has 30 heavy (non-hydrogen) atoms. The van der Waals surface area contributed by atoms with Crippen LogP contribution in [0.3, 0.4) is 0 Å². The van der Waals surface area contributed by atoms with Gasteiger partial charge in [-0.15, -0.1) is 0 Å². The van der Waals surface area contributed by atoms with Gasteiger partial charge in [-0.3, -0.25) is 14.5 Å². The summed E-state index contributed by atoms with van der Waals surface area (Å²) in [6.45, 7) is 3.83. The van der Waals surface area contributed by atoms with Crippen molar-refractivity contribution >= 4 is 5.91 Å². The molecule has 156 valence electrons. The Labute approximate surface area is 177 Å². The third kappa shape index (κ3) is 4.70. The normalized spacial score (nSPS) is 13.0. The molecule has 1 N–H and O–H groups in total. The zero-order valence-electron chi connectivity index (χ0n) is 17.4. The number of nitrogens with one attached hydrogen (secondary N) is 1. The van der Waals surface area contributed by atoms with Crippen LogP contribution in [0, 0.1) is 0 Å². The molecule has 0 spiro atoms. The molecule has 1 aliphatic carbocycles. The fourth-order valence-electron chi connectivity index (χ4n) is 3.98. The summed E-state index contributed by atoms with van der Waals surface area (Å²) in [7, 11) is 0. The number of pyridine rings is 1. The van der Waals surface area contributed by atoms with Crippen molar-refractivity contribution in [3.8, 4) is 17.1 Å². The fraction of sp³-hybridized carbons (Fsp3) is 0.375. The quantitative estimate of drug-likeness (QED) is 0.623. The second-order valence-electron chi connectivity index (χ2n) is 7.52. The minimum absolute atomic E-state index is 0.0186. The van der Waals surface area contributed by atoms with Gasteiger partial charge < -0.3 is 10.1 Å². The molecule has 0 fully saturated rings. The van der Waals surface area contributed by atoms with Crippen LogP contribution >= 0.6 is 0 Å². The van der Waals surface area contributed by atoms with E-state index in [2.05, 4.69) is 15.0 Å². The number of carbonyl (C=O) groups excluding carboxylic acids is 1. The number of carbonyl (C=O) groups is 1. The summed E-state index contributed by atoms with van der Waals surface area (Å²) >= 11 is 0. The summed E-state index contributed by atoms with van der Waals surface area (Å²) < 4.78 is 7.51. The monoisotopic (exact) mass is 404 g/mol. The SMILES string of the molecule is CCOc1ccc(CC(=O)NCCn2nc(-c3ccccn3)c3c2CCCC3)cc1. The lowest BCUT2D eigenvalue weighted by Crippen LogP contribution is -2.29. The van der Waals surface area contributed by atoms with E-state index >= 15 is 0 Å². The minimum atomic E-state index is 0.0186. The van der Waals surface area contributed by atoms with Crippen LogP contribution in [0.2, 0.25) is 0 Å². The van der Waals surface area contributed by atoms with Crippen molar-refractivity contribution < 1.29 is 9.53 Å². The Kier molecular flexibility index (Phi) is 6.42. The average Bonchev–Trinajstić information content (AvgIpc) is 3.15. The first-order chi connectivity index (χ1) is 14.7. The number of amides is 1. The summed E-state index contributed by atoms with van der Waals surface area (Å²) in [6, 6.07) is 13.6. The van der Waals surface area contributed by atoms with Gasteiger partial charge in [0, 0.05) is 24.0 Å². The molecule has 2 heterocycles. The van der Waals surface area contributed by atoms with E-state index in [-0.39, 0.29) is 5.91 Å². The van der Waals surface area contributed by atoms with Crippen molar-refractivity contribution in [2.24, 2.45) is 0 Å². The summed E-state index contributed by atoms with van der Waals surface area (Å²) in [6.07, 6.45) is 6.63. The predicted octanol–water partition coefficient (Wildman–Crippen LogP) is 3.58. The van der Waals surface area contributed by atoms with Crippen LogP contribution < -0.4 is 10.1 Å². The standard InChI is InChI=1S/C24H28N4O2/c1-2-30-19-12-10-18(11-13-19)17-23(29)26-15-16-28-22-9-4-3-7-20(22)24(27-28)21-8-5-6-14-25-21/h5-6,8,10-14H,2-4,7,9,15-17H2,1H3,(H,26,29). The molecule has 0 unspecified atom stereocenters. The fourth-order valence-corrected chi connectivity index (χ4v) is 3.98. The number of hydrogen-bond acceptors (Lipinski definition) is 4. The van der Waals surface area contributed by atoms with Gasteiger partial charge >= 0.3 is 0 Å². The van der Waals surface area contributed by atoms with Crippen LogP contribution in [-0.4, -0.2) is 33.8 Å². The second-order valence-corrected chi connectivity index (χ2v) is 7.52. The molecule has 0 saturated heterocycles. The number of aromatic nitrogens is 3. The first kappa shape index (κ1) is 20.1. The third-order valence-corrected chi connectivity index (χ3v) is 5.41. The Morgan fingerprint density at radius 1 is 1.13 bits per heavy atom. The van der Waals surface area contributed by atoms with Crippen LogP contribution in [0.4, 0.5) is 0 Å². The molecule has 0 radical (unpaired) electrons. The Morgan fingerprint density at radius 2 is 1.97 bits per heavy atom. The van der Waals surface area contributed by atoms with Gasteiger partial charge in [0.25, 0.3) is 0 Å². The average molecular weight is 405 g/mol. The largest absolute Gasteiger partial charge is 0.494 e. The molecule has 3 aromatic rings. The van der Waals surface area contributed by atoms with E-state index in [1.165, 1.54) is 24.1 Å². The number of nitrogens with zero attached hydrogens (tertiary/aromatic N) is 3. The maximum atomic E-state index is 12.3. The molecule has 0 aliphatic heterocycles. The molecule has 2 aromatic heterocycles. The maximum Gasteiger partial charge on any atom is 0.224 e. The number of hydrogen-bond donors (Lipinski definition) is 1. The van der Waals surface area contributed by atoms with Crippen LogP contribution in [0.25, 0.3) is 11.4 Å². The van der Waals surface area contributed by atoms with Crippen molar-refractivity contribution in [2.45, 2.75) is 45.6 Å². The summed E-state index contributed by atoms with van der Waals surface area (Å²) in [5, 5.41) is 7.89. The Balaban J connectivity index is 1.37. The van der Waals surface area contributed by atoms with Gasteiger partial charge in [0.2, 0.25) is 5.91 Å². The lowest BCUT2D eigenvalue weighted by Gasteiger charge is -2.14. The highest BCUT2D eigenvalue weighted by molar-refractivity contribution is 5.78. The van der Waals surface area contributed by atoms with Gasteiger partial charge in [0.05, 0.1) is 25.3 Å². The Morgan fingerprint density at radius 3 is 2.73 bits per heavy atom. The molecule has 6 heteroatoms. The van der Waals surface area contributed by atoms with E-state index in [1.54, 1.807) is 0 Å². The smallest absolute Gasteiger partial charge is 0.224 e. The molecular weight excluding hydrogens is 376 g/mol. The van der Waals surface area contributed by atoms with Crippen molar-refractivity contribution in [3.63, 3.8) is 0 Å². The number of benzene rings is 1. The van der Waals surface area contributed by atoms with Gasteiger partial charge in [0.15, 0.2) is 0 Å². The molecular formula is C24H28N4O2. The van der Waals surface area contributed by atoms with Crippen LogP contribution in [0.5, 0.6) is 5.75 Å².